The predicted molar refractivity (Wildman–Crippen MR) is 83.7 cm³/mol. The molecule has 1 heterocycles. The zero-order valence-corrected chi connectivity index (χ0v) is 13.0. The molecular formula is C15H20ClN3O2. The fourth-order valence-electron chi connectivity index (χ4n) is 2.53. The largest absolute Gasteiger partial charge is 0.355 e. The molecule has 1 aromatic rings. The molecule has 0 bridgehead atoms. The molecule has 2 amide bonds. The van der Waals surface area contributed by atoms with Crippen LogP contribution in [0.3, 0.4) is 0 Å². The summed E-state index contributed by atoms with van der Waals surface area (Å²) in [5.41, 5.74) is 1.01. The molecule has 3 N–H and O–H groups in total. The van der Waals surface area contributed by atoms with Crippen LogP contribution in [0.15, 0.2) is 18.2 Å². The van der Waals surface area contributed by atoms with Gasteiger partial charge >= 0.3 is 0 Å². The van der Waals surface area contributed by atoms with Gasteiger partial charge in [0.05, 0.1) is 10.6 Å². The lowest BCUT2D eigenvalue weighted by Crippen LogP contribution is -2.40. The molecule has 114 valence electrons. The maximum atomic E-state index is 12.2. The third-order valence-corrected chi connectivity index (χ3v) is 4.02. The average molecular weight is 310 g/mol. The molecule has 21 heavy (non-hydrogen) atoms. The van der Waals surface area contributed by atoms with Crippen LogP contribution in [-0.4, -0.2) is 31.4 Å². The van der Waals surface area contributed by atoms with E-state index in [2.05, 4.69) is 22.9 Å². The van der Waals surface area contributed by atoms with Gasteiger partial charge in [-0.05, 0) is 44.5 Å². The second kappa shape index (κ2) is 6.91. The van der Waals surface area contributed by atoms with Crippen molar-refractivity contribution >= 4 is 29.1 Å². The number of carbonyl (C=O) groups is 2. The molecule has 0 saturated carbocycles. The van der Waals surface area contributed by atoms with Gasteiger partial charge in [0.15, 0.2) is 0 Å². The minimum Gasteiger partial charge on any atom is -0.355 e. The van der Waals surface area contributed by atoms with Crippen LogP contribution in [0.1, 0.15) is 30.1 Å². The first-order chi connectivity index (χ1) is 10.0. The van der Waals surface area contributed by atoms with E-state index < -0.39 is 0 Å². The topological polar surface area (TPSA) is 70.2 Å². The second-order valence-electron chi connectivity index (χ2n) is 5.34. The van der Waals surface area contributed by atoms with Crippen molar-refractivity contribution in [3.63, 3.8) is 0 Å². The zero-order chi connectivity index (χ0) is 15.4. The van der Waals surface area contributed by atoms with Gasteiger partial charge in [0, 0.05) is 24.7 Å². The van der Waals surface area contributed by atoms with E-state index in [0.717, 1.165) is 19.4 Å². The van der Waals surface area contributed by atoms with Crippen LogP contribution in [0, 0.1) is 5.92 Å². The smallest absolute Gasteiger partial charge is 0.252 e. The number of benzene rings is 1. The molecule has 1 fully saturated rings. The Hall–Kier alpha value is -1.59. The van der Waals surface area contributed by atoms with Crippen molar-refractivity contribution in [2.24, 2.45) is 5.92 Å². The van der Waals surface area contributed by atoms with Gasteiger partial charge < -0.3 is 16.0 Å². The number of hydrogen-bond donors (Lipinski definition) is 3. The summed E-state index contributed by atoms with van der Waals surface area (Å²) < 4.78 is 0. The first kappa shape index (κ1) is 15.8. The average Bonchev–Trinajstić information content (AvgIpc) is 2.46. The van der Waals surface area contributed by atoms with Crippen LogP contribution in [-0.2, 0) is 4.79 Å². The Labute approximate surface area is 129 Å². The van der Waals surface area contributed by atoms with Crippen molar-refractivity contribution in [3.05, 3.63) is 28.8 Å². The van der Waals surface area contributed by atoms with Crippen molar-refractivity contribution in [1.29, 1.82) is 0 Å². The molecule has 0 aromatic heterocycles. The first-order valence-corrected chi connectivity index (χ1v) is 7.45. The fourth-order valence-corrected chi connectivity index (χ4v) is 2.79. The minimum atomic E-state index is -0.245. The van der Waals surface area contributed by atoms with Crippen molar-refractivity contribution in [1.82, 2.24) is 10.6 Å². The fraction of sp³-hybridized carbons (Fsp3) is 0.467. The van der Waals surface area contributed by atoms with E-state index in [1.54, 1.807) is 25.2 Å². The minimum absolute atomic E-state index is 0.00658. The summed E-state index contributed by atoms with van der Waals surface area (Å²) in [5.74, 6) is -0.226. The van der Waals surface area contributed by atoms with Crippen molar-refractivity contribution in [2.75, 3.05) is 18.9 Å². The number of nitrogens with one attached hydrogen (secondary N) is 3. The molecule has 1 saturated heterocycles. The van der Waals surface area contributed by atoms with Crippen LogP contribution >= 0.6 is 11.6 Å². The van der Waals surface area contributed by atoms with Crippen molar-refractivity contribution in [2.45, 2.75) is 25.8 Å². The number of rotatable bonds is 3. The highest BCUT2D eigenvalue weighted by Gasteiger charge is 2.24. The van der Waals surface area contributed by atoms with Gasteiger partial charge in [-0.3, -0.25) is 9.59 Å². The summed E-state index contributed by atoms with van der Waals surface area (Å²) in [6, 6.07) is 5.27. The summed E-state index contributed by atoms with van der Waals surface area (Å²) >= 11 is 6.07. The van der Waals surface area contributed by atoms with E-state index in [4.69, 9.17) is 11.6 Å². The molecule has 5 nitrogen and oxygen atoms in total. The SMILES string of the molecule is CNC(=O)c1ccc(NC(=O)[C@H]2CCN[C@@H](C)C2)cc1Cl. The van der Waals surface area contributed by atoms with Gasteiger partial charge in [-0.2, -0.15) is 0 Å². The Morgan fingerprint density at radius 2 is 2.14 bits per heavy atom. The van der Waals surface area contributed by atoms with E-state index in [-0.39, 0.29) is 17.7 Å². The van der Waals surface area contributed by atoms with Crippen LogP contribution in [0.2, 0.25) is 5.02 Å². The quantitative estimate of drug-likeness (QED) is 0.800. The van der Waals surface area contributed by atoms with Crippen LogP contribution in [0.4, 0.5) is 5.69 Å². The molecule has 1 aromatic carbocycles. The van der Waals surface area contributed by atoms with E-state index in [0.29, 0.717) is 22.3 Å². The highest BCUT2D eigenvalue weighted by molar-refractivity contribution is 6.34. The molecule has 6 heteroatoms. The Bertz CT molecular complexity index is 548. The summed E-state index contributed by atoms with van der Waals surface area (Å²) in [4.78, 5) is 23.8. The van der Waals surface area contributed by atoms with E-state index in [1.807, 2.05) is 0 Å². The lowest BCUT2D eigenvalue weighted by molar-refractivity contribution is -0.120. The number of carbonyl (C=O) groups excluding carboxylic acids is 2. The van der Waals surface area contributed by atoms with E-state index in [1.165, 1.54) is 0 Å². The summed E-state index contributed by atoms with van der Waals surface area (Å²) in [6.07, 6.45) is 1.66. The number of hydrogen-bond acceptors (Lipinski definition) is 3. The Morgan fingerprint density at radius 3 is 2.76 bits per heavy atom. The Balaban J connectivity index is 2.04. The van der Waals surface area contributed by atoms with Gasteiger partial charge in [-0.25, -0.2) is 0 Å². The Morgan fingerprint density at radius 1 is 1.38 bits per heavy atom. The number of anilines is 1. The third kappa shape index (κ3) is 3.95. The number of amides is 2. The standard InChI is InChI=1S/C15H20ClN3O2/c1-9-7-10(5-6-18-9)14(20)19-11-3-4-12(13(16)8-11)15(21)17-2/h3-4,8-10,18H,5-7H2,1-2H3,(H,17,21)(H,19,20)/t9-,10-/m0/s1. The molecule has 2 rings (SSSR count). The zero-order valence-electron chi connectivity index (χ0n) is 12.2. The molecule has 0 aliphatic carbocycles. The maximum Gasteiger partial charge on any atom is 0.252 e. The number of piperidine rings is 1. The summed E-state index contributed by atoms with van der Waals surface area (Å²) in [5, 5.41) is 9.04. The monoisotopic (exact) mass is 309 g/mol. The van der Waals surface area contributed by atoms with Crippen LogP contribution < -0.4 is 16.0 Å². The highest BCUT2D eigenvalue weighted by atomic mass is 35.5. The molecule has 1 aliphatic heterocycles. The molecule has 1 aliphatic rings. The van der Waals surface area contributed by atoms with Crippen molar-refractivity contribution < 1.29 is 9.59 Å². The van der Waals surface area contributed by atoms with Crippen molar-refractivity contribution in [3.8, 4) is 0 Å². The third-order valence-electron chi connectivity index (χ3n) is 3.70. The van der Waals surface area contributed by atoms with Crippen LogP contribution in [0.5, 0.6) is 0 Å². The van der Waals surface area contributed by atoms with Crippen LogP contribution in [0.25, 0.3) is 0 Å². The molecule has 0 unspecified atom stereocenters. The predicted octanol–water partition coefficient (Wildman–Crippen LogP) is 2.03. The van der Waals surface area contributed by atoms with Gasteiger partial charge in [-0.15, -0.1) is 0 Å². The Kier molecular flexibility index (Phi) is 5.20. The lowest BCUT2D eigenvalue weighted by atomic mass is 9.92. The first-order valence-electron chi connectivity index (χ1n) is 7.07. The van der Waals surface area contributed by atoms with Gasteiger partial charge in [-0.1, -0.05) is 11.6 Å². The maximum absolute atomic E-state index is 12.2. The molecule has 2 atom stereocenters. The molecular weight excluding hydrogens is 290 g/mol. The molecule has 0 spiro atoms. The second-order valence-corrected chi connectivity index (χ2v) is 5.75. The lowest BCUT2D eigenvalue weighted by Gasteiger charge is -2.27. The highest BCUT2D eigenvalue weighted by Crippen LogP contribution is 2.23. The van der Waals surface area contributed by atoms with E-state index in [9.17, 15) is 9.59 Å². The summed E-state index contributed by atoms with van der Waals surface area (Å²) in [6.45, 7) is 2.93. The van der Waals surface area contributed by atoms with Gasteiger partial charge in [0.2, 0.25) is 5.91 Å². The van der Waals surface area contributed by atoms with Gasteiger partial charge in [0.1, 0.15) is 0 Å². The molecule has 0 radical (unpaired) electrons. The van der Waals surface area contributed by atoms with Gasteiger partial charge in [0.25, 0.3) is 5.91 Å². The van der Waals surface area contributed by atoms with E-state index >= 15 is 0 Å². The number of halogens is 1. The summed E-state index contributed by atoms with van der Waals surface area (Å²) in [7, 11) is 1.55. The normalized spacial score (nSPS) is 21.7.